The van der Waals surface area contributed by atoms with Crippen LogP contribution >= 0.6 is 0 Å². The van der Waals surface area contributed by atoms with Crippen molar-refractivity contribution in [1.29, 1.82) is 0 Å². The van der Waals surface area contributed by atoms with E-state index in [0.29, 0.717) is 24.2 Å². The molecule has 6 nitrogen and oxygen atoms in total. The third kappa shape index (κ3) is 2.27. The molecule has 3 rings (SSSR count). The Bertz CT molecular complexity index is 879. The van der Waals surface area contributed by atoms with Gasteiger partial charge < -0.3 is 10.5 Å². The monoisotopic (exact) mass is 298 g/mol. The van der Waals surface area contributed by atoms with Gasteiger partial charge in [0, 0.05) is 22.9 Å². The number of aromatic nitrogens is 3. The van der Waals surface area contributed by atoms with Gasteiger partial charge in [0.1, 0.15) is 5.75 Å². The molecule has 0 fully saturated rings. The second-order valence-electron chi connectivity index (χ2n) is 5.08. The Morgan fingerprint density at radius 1 is 1.36 bits per heavy atom. The highest BCUT2D eigenvalue weighted by molar-refractivity contribution is 5.70. The Morgan fingerprint density at radius 3 is 2.86 bits per heavy atom. The second kappa shape index (κ2) is 5.65. The number of aromatic amines is 1. The first kappa shape index (κ1) is 14.3. The van der Waals surface area contributed by atoms with Crippen LogP contribution in [0.1, 0.15) is 11.3 Å². The van der Waals surface area contributed by atoms with E-state index in [1.165, 1.54) is 4.52 Å². The molecule has 0 saturated carbocycles. The summed E-state index contributed by atoms with van der Waals surface area (Å²) in [5.41, 5.74) is 9.09. The Kier molecular flexibility index (Phi) is 3.68. The summed E-state index contributed by atoms with van der Waals surface area (Å²) in [6.45, 7) is 2.26. The van der Waals surface area contributed by atoms with Crippen LogP contribution in [0.3, 0.4) is 0 Å². The topological polar surface area (TPSA) is 85.4 Å². The Balaban J connectivity index is 2.22. The summed E-state index contributed by atoms with van der Waals surface area (Å²) in [7, 11) is 1.62. The summed E-state index contributed by atoms with van der Waals surface area (Å²) < 4.78 is 6.83. The van der Waals surface area contributed by atoms with Crippen molar-refractivity contribution in [2.24, 2.45) is 5.73 Å². The highest BCUT2D eigenvalue weighted by atomic mass is 16.5. The van der Waals surface area contributed by atoms with E-state index in [2.05, 4.69) is 10.1 Å². The number of hydrogen-bond acceptors (Lipinski definition) is 4. The molecule has 0 amide bonds. The molecule has 3 N–H and O–H groups in total. The molecule has 0 saturated heterocycles. The van der Waals surface area contributed by atoms with Crippen molar-refractivity contribution < 1.29 is 4.74 Å². The average molecular weight is 298 g/mol. The van der Waals surface area contributed by atoms with Crippen molar-refractivity contribution in [3.05, 3.63) is 51.9 Å². The number of methoxy groups -OCH3 is 1. The van der Waals surface area contributed by atoms with E-state index in [0.717, 1.165) is 22.7 Å². The van der Waals surface area contributed by atoms with Gasteiger partial charge in [-0.25, -0.2) is 9.50 Å². The van der Waals surface area contributed by atoms with Gasteiger partial charge in [-0.2, -0.15) is 0 Å². The first-order valence-electron chi connectivity index (χ1n) is 7.10. The van der Waals surface area contributed by atoms with Gasteiger partial charge in [-0.15, -0.1) is 0 Å². The number of para-hydroxylation sites is 1. The van der Waals surface area contributed by atoms with Gasteiger partial charge in [0.2, 0.25) is 0 Å². The third-order valence-electron chi connectivity index (χ3n) is 3.71. The molecule has 0 radical (unpaired) electrons. The average Bonchev–Trinajstić information content (AvgIpc) is 2.95. The number of H-pyrrole nitrogens is 1. The Morgan fingerprint density at radius 2 is 2.14 bits per heavy atom. The molecular formula is C16H18N4O2. The molecule has 0 aliphatic carbocycles. The number of hydrogen-bond donors (Lipinski definition) is 2. The Hall–Kier alpha value is -2.60. The van der Waals surface area contributed by atoms with Crippen molar-refractivity contribution in [1.82, 2.24) is 14.6 Å². The molecule has 0 atom stereocenters. The molecule has 0 aliphatic rings. The maximum atomic E-state index is 12.5. The van der Waals surface area contributed by atoms with E-state index < -0.39 is 0 Å². The smallest absolute Gasteiger partial charge is 0.276 e. The van der Waals surface area contributed by atoms with Crippen molar-refractivity contribution in [2.75, 3.05) is 13.7 Å². The van der Waals surface area contributed by atoms with E-state index in [-0.39, 0.29) is 5.56 Å². The summed E-state index contributed by atoms with van der Waals surface area (Å²) in [5, 5.41) is 3.10. The van der Waals surface area contributed by atoms with Gasteiger partial charge in [-0.3, -0.25) is 9.89 Å². The molecular weight excluding hydrogens is 280 g/mol. The van der Waals surface area contributed by atoms with Gasteiger partial charge in [0.15, 0.2) is 5.65 Å². The molecule has 0 unspecified atom stereocenters. The lowest BCUT2D eigenvalue weighted by molar-refractivity contribution is 0.416. The SMILES string of the molecule is COc1ccccc1-c1cc2nc(C)c(CCN)c(=O)n2[nH]1. The second-order valence-corrected chi connectivity index (χ2v) is 5.08. The lowest BCUT2D eigenvalue weighted by atomic mass is 10.1. The van der Waals surface area contributed by atoms with Gasteiger partial charge in [0.25, 0.3) is 5.56 Å². The van der Waals surface area contributed by atoms with Crippen molar-refractivity contribution >= 4 is 5.65 Å². The number of rotatable bonds is 4. The van der Waals surface area contributed by atoms with Crippen LogP contribution in [-0.2, 0) is 6.42 Å². The quantitative estimate of drug-likeness (QED) is 0.764. The Labute approximate surface area is 127 Å². The number of aryl methyl sites for hydroxylation is 1. The molecule has 22 heavy (non-hydrogen) atoms. The maximum Gasteiger partial charge on any atom is 0.276 e. The first-order valence-corrected chi connectivity index (χ1v) is 7.10. The molecule has 2 heterocycles. The molecule has 0 bridgehead atoms. The van der Waals surface area contributed by atoms with Gasteiger partial charge in [-0.05, 0) is 32.0 Å². The molecule has 3 aromatic rings. The lowest BCUT2D eigenvalue weighted by Gasteiger charge is -2.05. The van der Waals surface area contributed by atoms with E-state index in [1.807, 2.05) is 37.3 Å². The summed E-state index contributed by atoms with van der Waals surface area (Å²) >= 11 is 0. The molecule has 0 aliphatic heterocycles. The zero-order chi connectivity index (χ0) is 15.7. The van der Waals surface area contributed by atoms with Crippen molar-refractivity contribution in [3.8, 4) is 17.0 Å². The van der Waals surface area contributed by atoms with Crippen LogP contribution in [0.25, 0.3) is 16.9 Å². The number of fused-ring (bicyclic) bond motifs is 1. The van der Waals surface area contributed by atoms with Crippen LogP contribution in [0.15, 0.2) is 35.1 Å². The van der Waals surface area contributed by atoms with Crippen LogP contribution in [0.5, 0.6) is 5.75 Å². The minimum Gasteiger partial charge on any atom is -0.496 e. The number of nitrogens with zero attached hydrogens (tertiary/aromatic N) is 2. The number of ether oxygens (including phenoxy) is 1. The zero-order valence-corrected chi connectivity index (χ0v) is 12.6. The van der Waals surface area contributed by atoms with Crippen molar-refractivity contribution in [3.63, 3.8) is 0 Å². The fourth-order valence-corrected chi connectivity index (χ4v) is 2.61. The van der Waals surface area contributed by atoms with E-state index >= 15 is 0 Å². The van der Waals surface area contributed by atoms with E-state index in [9.17, 15) is 4.79 Å². The predicted octanol–water partition coefficient (Wildman–Crippen LogP) is 1.51. The minimum atomic E-state index is -0.103. The maximum absolute atomic E-state index is 12.5. The molecule has 114 valence electrons. The molecule has 6 heteroatoms. The summed E-state index contributed by atoms with van der Waals surface area (Å²) in [6.07, 6.45) is 0.517. The van der Waals surface area contributed by atoms with E-state index in [1.54, 1.807) is 7.11 Å². The molecule has 0 spiro atoms. The summed E-state index contributed by atoms with van der Waals surface area (Å²) in [6, 6.07) is 9.48. The highest BCUT2D eigenvalue weighted by Crippen LogP contribution is 2.28. The van der Waals surface area contributed by atoms with E-state index in [4.69, 9.17) is 10.5 Å². The van der Waals surface area contributed by atoms with Crippen LogP contribution in [0.2, 0.25) is 0 Å². The largest absolute Gasteiger partial charge is 0.496 e. The van der Waals surface area contributed by atoms with Crippen LogP contribution in [0.4, 0.5) is 0 Å². The standard InChI is InChI=1S/C16H18N4O2/c1-10-11(7-8-17)16(21)20-15(18-10)9-13(19-20)12-5-3-4-6-14(12)22-2/h3-6,9,19H,7-8,17H2,1-2H3. The van der Waals surface area contributed by atoms with Crippen LogP contribution in [0, 0.1) is 6.92 Å². The molecule has 1 aromatic carbocycles. The summed E-state index contributed by atoms with van der Waals surface area (Å²) in [5.74, 6) is 0.737. The van der Waals surface area contributed by atoms with Gasteiger partial charge in [0.05, 0.1) is 12.8 Å². The zero-order valence-electron chi connectivity index (χ0n) is 12.6. The van der Waals surface area contributed by atoms with Gasteiger partial charge >= 0.3 is 0 Å². The van der Waals surface area contributed by atoms with Crippen LogP contribution in [-0.4, -0.2) is 28.3 Å². The fourth-order valence-electron chi connectivity index (χ4n) is 2.61. The minimum absolute atomic E-state index is 0.103. The fraction of sp³-hybridized carbons (Fsp3) is 0.250. The third-order valence-corrected chi connectivity index (χ3v) is 3.71. The van der Waals surface area contributed by atoms with Gasteiger partial charge in [-0.1, -0.05) is 12.1 Å². The first-order chi connectivity index (χ1) is 10.7. The molecule has 2 aromatic heterocycles. The number of nitrogens with one attached hydrogen (secondary N) is 1. The lowest BCUT2D eigenvalue weighted by Crippen LogP contribution is -2.23. The number of nitrogens with two attached hydrogens (primary N) is 1. The summed E-state index contributed by atoms with van der Waals surface area (Å²) in [4.78, 5) is 17.0. The van der Waals surface area contributed by atoms with Crippen LogP contribution < -0.4 is 16.0 Å². The number of benzene rings is 1. The predicted molar refractivity (Wildman–Crippen MR) is 85.3 cm³/mol. The normalized spacial score (nSPS) is 11.0. The highest BCUT2D eigenvalue weighted by Gasteiger charge is 2.13. The van der Waals surface area contributed by atoms with Crippen molar-refractivity contribution in [2.45, 2.75) is 13.3 Å².